The number of H-pyrrole nitrogens is 1. The first-order valence-corrected chi connectivity index (χ1v) is 13.5. The van der Waals surface area contributed by atoms with Crippen molar-refractivity contribution in [2.24, 2.45) is 0 Å². The second-order valence-corrected chi connectivity index (χ2v) is 11.0. The highest BCUT2D eigenvalue weighted by Crippen LogP contribution is 2.54. The number of alkyl halides is 3. The summed E-state index contributed by atoms with van der Waals surface area (Å²) in [6, 6.07) is 7.09. The number of fused-ring (bicyclic) bond motifs is 2. The molecule has 2 aromatic heterocycles. The minimum Gasteiger partial charge on any atom is -0.490 e. The van der Waals surface area contributed by atoms with Crippen LogP contribution in [0.3, 0.4) is 0 Å². The Labute approximate surface area is 229 Å². The fourth-order valence-electron chi connectivity index (χ4n) is 5.63. The normalized spacial score (nSPS) is 19.8. The number of pyridine rings is 1. The van der Waals surface area contributed by atoms with Crippen molar-refractivity contribution < 1.29 is 22.7 Å². The van der Waals surface area contributed by atoms with Crippen LogP contribution in [0.2, 0.25) is 5.02 Å². The van der Waals surface area contributed by atoms with E-state index in [0.717, 1.165) is 29.8 Å². The maximum absolute atomic E-state index is 13.2. The van der Waals surface area contributed by atoms with E-state index in [9.17, 15) is 18.0 Å². The molecule has 2 fully saturated rings. The summed E-state index contributed by atoms with van der Waals surface area (Å²) in [6.45, 7) is 2.14. The summed E-state index contributed by atoms with van der Waals surface area (Å²) in [7, 11) is 0. The van der Waals surface area contributed by atoms with Gasteiger partial charge < -0.3 is 20.4 Å². The smallest absolute Gasteiger partial charge is 0.401 e. The van der Waals surface area contributed by atoms with Gasteiger partial charge in [0.25, 0.3) is 5.91 Å². The molecule has 1 atom stereocenters. The predicted molar refractivity (Wildman–Crippen MR) is 143 cm³/mol. The summed E-state index contributed by atoms with van der Waals surface area (Å²) in [6.07, 6.45) is 2.20. The Kier molecular flexibility index (Phi) is 6.50. The number of hydrogen-bond acceptors (Lipinski definition) is 5. The van der Waals surface area contributed by atoms with Gasteiger partial charge in [-0.1, -0.05) is 24.6 Å². The van der Waals surface area contributed by atoms with Gasteiger partial charge in [-0.2, -0.15) is 13.2 Å². The van der Waals surface area contributed by atoms with Crippen LogP contribution in [0.25, 0.3) is 11.3 Å². The van der Waals surface area contributed by atoms with Gasteiger partial charge in [0.1, 0.15) is 12.4 Å². The Morgan fingerprint density at radius 2 is 2.10 bits per heavy atom. The van der Waals surface area contributed by atoms with Gasteiger partial charge in [0.15, 0.2) is 0 Å². The van der Waals surface area contributed by atoms with E-state index in [1.54, 1.807) is 18.5 Å². The van der Waals surface area contributed by atoms with Gasteiger partial charge in [-0.3, -0.25) is 14.7 Å². The molecule has 206 valence electrons. The van der Waals surface area contributed by atoms with E-state index in [1.165, 1.54) is 4.90 Å². The van der Waals surface area contributed by atoms with E-state index < -0.39 is 12.7 Å². The molecule has 3 N–H and O–H groups in total. The Morgan fingerprint density at radius 1 is 1.28 bits per heavy atom. The SMILES string of the molecule is CCc1c(Cl)cccc1Nc1c(-c2ccncc2OC[C@@H]2CCN2CC(F)(F)F)[nH]c2c1C(=O)NCC21CC1. The van der Waals surface area contributed by atoms with Gasteiger partial charge in [0.2, 0.25) is 0 Å². The summed E-state index contributed by atoms with van der Waals surface area (Å²) < 4.78 is 44.9. The lowest BCUT2D eigenvalue weighted by Gasteiger charge is -2.40. The van der Waals surface area contributed by atoms with Gasteiger partial charge in [0.05, 0.1) is 29.7 Å². The maximum atomic E-state index is 13.2. The number of hydrogen-bond donors (Lipinski definition) is 3. The van der Waals surface area contributed by atoms with E-state index >= 15 is 0 Å². The first kappa shape index (κ1) is 26.0. The van der Waals surface area contributed by atoms with Crippen LogP contribution in [0.4, 0.5) is 24.5 Å². The number of nitrogens with zero attached hydrogens (tertiary/aromatic N) is 2. The fourth-order valence-corrected chi connectivity index (χ4v) is 5.94. The number of aromatic nitrogens is 2. The lowest BCUT2D eigenvalue weighted by Crippen LogP contribution is -2.54. The first-order valence-electron chi connectivity index (χ1n) is 13.2. The molecule has 0 unspecified atom stereocenters. The van der Waals surface area contributed by atoms with Gasteiger partial charge in [-0.05, 0) is 49.4 Å². The second kappa shape index (κ2) is 9.75. The monoisotopic (exact) mass is 559 g/mol. The minimum absolute atomic E-state index is 0.108. The Balaban J connectivity index is 1.38. The van der Waals surface area contributed by atoms with Crippen molar-refractivity contribution in [2.75, 3.05) is 31.6 Å². The van der Waals surface area contributed by atoms with Gasteiger partial charge in [-0.15, -0.1) is 0 Å². The van der Waals surface area contributed by atoms with Crippen molar-refractivity contribution in [3.05, 3.63) is 58.5 Å². The lowest BCUT2D eigenvalue weighted by atomic mass is 9.93. The zero-order valence-electron chi connectivity index (χ0n) is 21.4. The number of ether oxygens (including phenoxy) is 1. The van der Waals surface area contributed by atoms with Crippen molar-refractivity contribution in [3.8, 4) is 17.0 Å². The molecular formula is C28H29ClF3N5O2. The van der Waals surface area contributed by atoms with Gasteiger partial charge in [-0.25, -0.2) is 0 Å². The van der Waals surface area contributed by atoms with Crippen LogP contribution in [0, 0.1) is 0 Å². The van der Waals surface area contributed by atoms with Crippen LogP contribution >= 0.6 is 11.6 Å². The third-order valence-corrected chi connectivity index (χ3v) is 8.42. The van der Waals surface area contributed by atoms with Crippen molar-refractivity contribution >= 4 is 28.9 Å². The zero-order valence-corrected chi connectivity index (χ0v) is 22.2. The Bertz CT molecular complexity index is 1420. The topological polar surface area (TPSA) is 82.3 Å². The van der Waals surface area contributed by atoms with Crippen LogP contribution in [0.5, 0.6) is 5.75 Å². The summed E-state index contributed by atoms with van der Waals surface area (Å²) in [5.74, 6) is 0.270. The third-order valence-electron chi connectivity index (χ3n) is 8.06. The molecule has 1 spiro atoms. The number of likely N-dealkylation sites (tertiary alicyclic amines) is 1. The summed E-state index contributed by atoms with van der Waals surface area (Å²) in [5.41, 5.74) is 5.01. The average molecular weight is 560 g/mol. The highest BCUT2D eigenvalue weighted by molar-refractivity contribution is 6.31. The lowest BCUT2D eigenvalue weighted by molar-refractivity contribution is -0.163. The van der Waals surface area contributed by atoms with Crippen LogP contribution in [-0.4, -0.2) is 59.2 Å². The number of rotatable bonds is 8. The molecule has 3 aliphatic rings. The van der Waals surface area contributed by atoms with Gasteiger partial charge >= 0.3 is 6.18 Å². The van der Waals surface area contributed by atoms with Crippen molar-refractivity contribution in [3.63, 3.8) is 0 Å². The van der Waals surface area contributed by atoms with Crippen molar-refractivity contribution in [1.29, 1.82) is 0 Å². The van der Waals surface area contributed by atoms with Crippen molar-refractivity contribution in [2.45, 2.75) is 50.2 Å². The van der Waals surface area contributed by atoms with Crippen LogP contribution < -0.4 is 15.4 Å². The third kappa shape index (κ3) is 4.84. The molecular weight excluding hydrogens is 531 g/mol. The van der Waals surface area contributed by atoms with E-state index in [4.69, 9.17) is 16.3 Å². The molecule has 39 heavy (non-hydrogen) atoms. The number of carbonyl (C=O) groups excluding carboxylic acids is 1. The van der Waals surface area contributed by atoms with Crippen molar-refractivity contribution in [1.82, 2.24) is 20.2 Å². The predicted octanol–water partition coefficient (Wildman–Crippen LogP) is 5.83. The second-order valence-electron chi connectivity index (χ2n) is 10.5. The zero-order chi connectivity index (χ0) is 27.4. The molecule has 11 heteroatoms. The molecule has 4 heterocycles. The van der Waals surface area contributed by atoms with E-state index in [-0.39, 0.29) is 24.0 Å². The number of halogens is 4. The summed E-state index contributed by atoms with van der Waals surface area (Å²) in [4.78, 5) is 22.4. The standard InChI is InChI=1S/C28H29ClF3N5O2/c1-2-17-19(29)4-3-5-20(17)35-24-22-25(27(8-9-27)14-34-26(22)38)36-23(24)18-6-10-33-12-21(18)39-13-16-7-11-37(16)15-28(30,31)32/h3-6,10,12,16,35-36H,2,7-9,11,13-15H2,1H3,(H,34,38)/t16-/m0/s1. The number of aromatic amines is 1. The first-order chi connectivity index (χ1) is 18.7. The van der Waals surface area contributed by atoms with E-state index in [0.29, 0.717) is 59.2 Å². The largest absolute Gasteiger partial charge is 0.490 e. The van der Waals surface area contributed by atoms with Crippen LogP contribution in [0.1, 0.15) is 47.8 Å². The van der Waals surface area contributed by atoms with Crippen LogP contribution in [0.15, 0.2) is 36.7 Å². The molecule has 1 aromatic carbocycles. The highest BCUT2D eigenvalue weighted by Gasteiger charge is 2.52. The minimum atomic E-state index is -4.25. The van der Waals surface area contributed by atoms with Gasteiger partial charge in [0, 0.05) is 52.7 Å². The molecule has 1 aliphatic carbocycles. The molecule has 2 aliphatic heterocycles. The number of amides is 1. The molecule has 6 rings (SSSR count). The molecule has 1 saturated heterocycles. The number of anilines is 2. The summed E-state index contributed by atoms with van der Waals surface area (Å²) in [5, 5.41) is 7.18. The fraction of sp³-hybridized carbons (Fsp3) is 0.429. The quantitative estimate of drug-likeness (QED) is 0.324. The van der Waals surface area contributed by atoms with E-state index in [2.05, 4.69) is 20.6 Å². The highest BCUT2D eigenvalue weighted by atomic mass is 35.5. The molecule has 7 nitrogen and oxygen atoms in total. The molecule has 3 aromatic rings. The average Bonchev–Trinajstić information content (AvgIpc) is 3.57. The van der Waals surface area contributed by atoms with E-state index in [1.807, 2.05) is 25.1 Å². The maximum Gasteiger partial charge on any atom is 0.401 e. The molecule has 0 bridgehead atoms. The molecule has 1 saturated carbocycles. The Hall–Kier alpha value is -3.24. The summed E-state index contributed by atoms with van der Waals surface area (Å²) >= 11 is 6.49. The Morgan fingerprint density at radius 3 is 2.79 bits per heavy atom. The number of nitrogens with one attached hydrogen (secondary N) is 3. The number of benzene rings is 1. The molecule has 0 radical (unpaired) electrons. The number of carbonyl (C=O) groups is 1. The molecule has 1 amide bonds. The van der Waals surface area contributed by atoms with Crippen LogP contribution in [-0.2, 0) is 11.8 Å².